The Hall–Kier alpha value is -3.72. The van der Waals surface area contributed by atoms with E-state index in [1.165, 1.54) is 12.1 Å². The maximum absolute atomic E-state index is 13.5. The number of hydrogen-bond acceptors (Lipinski definition) is 6. The Morgan fingerprint density at radius 3 is 2.54 bits per heavy atom. The van der Waals surface area contributed by atoms with Crippen LogP contribution < -0.4 is 4.74 Å². The van der Waals surface area contributed by atoms with E-state index in [0.717, 1.165) is 0 Å². The Morgan fingerprint density at radius 1 is 1.23 bits per heavy atom. The zero-order valence-corrected chi connectivity index (χ0v) is 20.4. The average molecular weight is 481 g/mol. The molecule has 0 bridgehead atoms. The van der Waals surface area contributed by atoms with E-state index in [1.807, 2.05) is 26.0 Å². The minimum atomic E-state index is -0.884. The first-order valence-corrected chi connectivity index (χ1v) is 11.3. The zero-order chi connectivity index (χ0) is 25.3. The van der Waals surface area contributed by atoms with Crippen molar-refractivity contribution in [3.05, 3.63) is 77.3 Å². The molecule has 1 amide bonds. The maximum Gasteiger partial charge on any atom is 0.289 e. The van der Waals surface area contributed by atoms with Gasteiger partial charge in [-0.25, -0.2) is 14.1 Å². The molecule has 0 aliphatic carbocycles. The van der Waals surface area contributed by atoms with E-state index in [0.29, 0.717) is 28.4 Å². The van der Waals surface area contributed by atoms with E-state index in [4.69, 9.17) is 9.47 Å². The highest BCUT2D eigenvalue weighted by atomic mass is 19.1. The SMILES string of the molecule is COc1cc(/C=C2\OC(C)(C)CN([C@H](c3ccc(F)cc3)[C@@H](C)O)C2=O)ccc1-n1cnc(C)n1. The summed E-state index contributed by atoms with van der Waals surface area (Å²) in [7, 11) is 1.56. The molecule has 1 aliphatic heterocycles. The van der Waals surface area contributed by atoms with Gasteiger partial charge in [0, 0.05) is 0 Å². The quantitative estimate of drug-likeness (QED) is 0.540. The second-order valence-electron chi connectivity index (χ2n) is 9.21. The second-order valence-corrected chi connectivity index (χ2v) is 9.21. The number of aryl methyl sites for hydroxylation is 1. The van der Waals surface area contributed by atoms with Crippen molar-refractivity contribution in [2.75, 3.05) is 13.7 Å². The predicted molar refractivity (Wildman–Crippen MR) is 128 cm³/mol. The standard InChI is InChI=1S/C26H29FN4O4/c1-16(32)24(19-7-9-20(27)10-8-19)30-14-26(3,4)35-23(25(30)33)13-18-6-11-21(22(12-18)34-5)31-15-28-17(2)29-31/h6-13,15-16,24,32H,14H2,1-5H3/b23-13-/t16-,24+/m1/s1. The Labute approximate surface area is 203 Å². The van der Waals surface area contributed by atoms with Gasteiger partial charge in [0.1, 0.15) is 35.0 Å². The predicted octanol–water partition coefficient (Wildman–Crippen LogP) is 3.82. The molecule has 0 spiro atoms. The summed E-state index contributed by atoms with van der Waals surface area (Å²) in [6.07, 6.45) is 2.37. The van der Waals surface area contributed by atoms with Crippen molar-refractivity contribution in [3.8, 4) is 11.4 Å². The molecular weight excluding hydrogens is 451 g/mol. The fourth-order valence-electron chi connectivity index (χ4n) is 4.28. The molecule has 2 heterocycles. The third-order valence-corrected chi connectivity index (χ3v) is 5.77. The van der Waals surface area contributed by atoms with Gasteiger partial charge < -0.3 is 19.5 Å². The number of halogens is 1. The lowest BCUT2D eigenvalue weighted by atomic mass is 9.96. The Balaban J connectivity index is 1.70. The van der Waals surface area contributed by atoms with E-state index >= 15 is 0 Å². The summed E-state index contributed by atoms with van der Waals surface area (Å²) in [5.74, 6) is 0.577. The number of ether oxygens (including phenoxy) is 2. The molecular formula is C26H29FN4O4. The molecule has 1 N–H and O–H groups in total. The number of aliphatic hydroxyl groups is 1. The molecule has 8 nitrogen and oxygen atoms in total. The minimum Gasteiger partial charge on any atom is -0.494 e. The minimum absolute atomic E-state index is 0.139. The van der Waals surface area contributed by atoms with Crippen LogP contribution in [0.2, 0.25) is 0 Å². The van der Waals surface area contributed by atoms with Crippen molar-refractivity contribution in [2.24, 2.45) is 0 Å². The molecule has 4 rings (SSSR count). The molecule has 2 atom stereocenters. The third kappa shape index (κ3) is 5.19. The number of morpholine rings is 1. The molecule has 0 radical (unpaired) electrons. The van der Waals surface area contributed by atoms with Gasteiger partial charge in [-0.2, -0.15) is 5.10 Å². The molecule has 3 aromatic rings. The summed E-state index contributed by atoms with van der Waals surface area (Å²) in [6, 6.07) is 10.6. The average Bonchev–Trinajstić information content (AvgIpc) is 3.23. The van der Waals surface area contributed by atoms with Crippen LogP contribution in [0.4, 0.5) is 4.39 Å². The normalized spacial score (nSPS) is 18.3. The highest BCUT2D eigenvalue weighted by Gasteiger charge is 2.41. The highest BCUT2D eigenvalue weighted by molar-refractivity contribution is 5.97. The van der Waals surface area contributed by atoms with Gasteiger partial charge in [0.05, 0.1) is 25.8 Å². The second kappa shape index (κ2) is 9.50. The smallest absolute Gasteiger partial charge is 0.289 e. The van der Waals surface area contributed by atoms with Gasteiger partial charge >= 0.3 is 0 Å². The number of rotatable bonds is 6. The van der Waals surface area contributed by atoms with E-state index in [-0.39, 0.29) is 24.0 Å². The summed E-state index contributed by atoms with van der Waals surface area (Å²) in [6.45, 7) is 7.42. The number of nitrogens with zero attached hydrogens (tertiary/aromatic N) is 4. The molecule has 0 unspecified atom stereocenters. The molecule has 9 heteroatoms. The molecule has 1 fully saturated rings. The fourth-order valence-corrected chi connectivity index (χ4v) is 4.28. The Morgan fingerprint density at radius 2 is 1.94 bits per heavy atom. The van der Waals surface area contributed by atoms with E-state index in [9.17, 15) is 14.3 Å². The first-order chi connectivity index (χ1) is 16.6. The largest absolute Gasteiger partial charge is 0.494 e. The number of carbonyl (C=O) groups is 1. The topological polar surface area (TPSA) is 89.7 Å². The lowest BCUT2D eigenvalue weighted by Gasteiger charge is -2.44. The molecule has 2 aromatic carbocycles. The van der Waals surface area contributed by atoms with E-state index in [1.54, 1.807) is 61.1 Å². The first kappa shape index (κ1) is 24.4. The zero-order valence-electron chi connectivity index (χ0n) is 20.4. The van der Waals surface area contributed by atoms with Crippen molar-refractivity contribution >= 4 is 12.0 Å². The molecule has 1 aliphatic rings. The molecule has 184 valence electrons. The van der Waals surface area contributed by atoms with Crippen molar-refractivity contribution < 1.29 is 23.8 Å². The van der Waals surface area contributed by atoms with Crippen LogP contribution in [0.5, 0.6) is 5.75 Å². The van der Waals surface area contributed by atoms with Crippen LogP contribution >= 0.6 is 0 Å². The van der Waals surface area contributed by atoms with Crippen LogP contribution in [0.25, 0.3) is 11.8 Å². The highest BCUT2D eigenvalue weighted by Crippen LogP contribution is 2.35. The van der Waals surface area contributed by atoms with Crippen molar-refractivity contribution in [3.63, 3.8) is 0 Å². The van der Waals surface area contributed by atoms with Gasteiger partial charge in [-0.3, -0.25) is 4.79 Å². The van der Waals surface area contributed by atoms with Crippen LogP contribution in [0, 0.1) is 12.7 Å². The van der Waals surface area contributed by atoms with Gasteiger partial charge in [0.25, 0.3) is 5.91 Å². The van der Waals surface area contributed by atoms with Crippen LogP contribution in [-0.4, -0.2) is 56.0 Å². The van der Waals surface area contributed by atoms with Crippen LogP contribution in [0.15, 0.2) is 54.6 Å². The number of methoxy groups -OCH3 is 1. The first-order valence-electron chi connectivity index (χ1n) is 11.3. The maximum atomic E-state index is 13.5. The van der Waals surface area contributed by atoms with Crippen LogP contribution in [-0.2, 0) is 9.53 Å². The molecule has 0 saturated carbocycles. The van der Waals surface area contributed by atoms with Gasteiger partial charge in [-0.05, 0) is 69.2 Å². The summed E-state index contributed by atoms with van der Waals surface area (Å²) >= 11 is 0. The number of aromatic nitrogens is 3. The van der Waals surface area contributed by atoms with Crippen LogP contribution in [0.1, 0.15) is 43.8 Å². The number of benzene rings is 2. The van der Waals surface area contributed by atoms with Crippen molar-refractivity contribution in [1.82, 2.24) is 19.7 Å². The monoisotopic (exact) mass is 480 g/mol. The number of aliphatic hydroxyl groups excluding tert-OH is 1. The lowest BCUT2D eigenvalue weighted by Crippen LogP contribution is -2.53. The number of amides is 1. The molecule has 35 heavy (non-hydrogen) atoms. The summed E-state index contributed by atoms with van der Waals surface area (Å²) in [4.78, 5) is 19.3. The van der Waals surface area contributed by atoms with Crippen LogP contribution in [0.3, 0.4) is 0 Å². The Bertz CT molecular complexity index is 1250. The van der Waals surface area contributed by atoms with Gasteiger partial charge in [-0.15, -0.1) is 0 Å². The van der Waals surface area contributed by atoms with Crippen molar-refractivity contribution in [2.45, 2.75) is 45.4 Å². The van der Waals surface area contributed by atoms with Gasteiger partial charge in [0.15, 0.2) is 5.76 Å². The number of carbonyl (C=O) groups excluding carboxylic acids is 1. The number of hydrogen-bond donors (Lipinski definition) is 1. The molecule has 1 aromatic heterocycles. The fraction of sp³-hybridized carbons (Fsp3) is 0.346. The Kier molecular flexibility index (Phi) is 6.62. The van der Waals surface area contributed by atoms with Gasteiger partial charge in [-0.1, -0.05) is 18.2 Å². The van der Waals surface area contributed by atoms with Gasteiger partial charge in [0.2, 0.25) is 0 Å². The summed E-state index contributed by atoms with van der Waals surface area (Å²) in [5.41, 5.74) is 1.33. The van der Waals surface area contributed by atoms with Crippen molar-refractivity contribution in [1.29, 1.82) is 0 Å². The van der Waals surface area contributed by atoms with E-state index in [2.05, 4.69) is 10.1 Å². The summed E-state index contributed by atoms with van der Waals surface area (Å²) in [5, 5.41) is 14.9. The third-order valence-electron chi connectivity index (χ3n) is 5.77. The molecule has 1 saturated heterocycles. The van der Waals surface area contributed by atoms with E-state index < -0.39 is 17.7 Å². The summed E-state index contributed by atoms with van der Waals surface area (Å²) < 4.78 is 26.7. The lowest BCUT2D eigenvalue weighted by molar-refractivity contribution is -0.153.